The van der Waals surface area contributed by atoms with Crippen LogP contribution in [0.1, 0.15) is 60.0 Å². The molecule has 5 nitrogen and oxygen atoms in total. The van der Waals surface area contributed by atoms with Crippen LogP contribution in [0.3, 0.4) is 0 Å². The van der Waals surface area contributed by atoms with Gasteiger partial charge in [0.15, 0.2) is 0 Å². The molecule has 0 amide bonds. The summed E-state index contributed by atoms with van der Waals surface area (Å²) in [6.07, 6.45) is 3.85. The van der Waals surface area contributed by atoms with Crippen LogP contribution in [-0.4, -0.2) is 19.9 Å². The second kappa shape index (κ2) is 14.5. The van der Waals surface area contributed by atoms with Gasteiger partial charge in [-0.25, -0.2) is 4.98 Å². The van der Waals surface area contributed by atoms with E-state index in [1.807, 2.05) is 43.6 Å². The molecule has 0 unspecified atom stereocenters. The topological polar surface area (TPSA) is 64.7 Å². The number of aryl methyl sites for hydroxylation is 6. The van der Waals surface area contributed by atoms with E-state index in [9.17, 15) is 0 Å². The Morgan fingerprint density at radius 1 is 0.635 bits per heavy atom. The van der Waals surface area contributed by atoms with E-state index in [0.29, 0.717) is 5.71 Å². The molecule has 0 saturated carbocycles. The fourth-order valence-electron chi connectivity index (χ4n) is 6.27. The summed E-state index contributed by atoms with van der Waals surface area (Å²) in [4.78, 5) is 18.7. The third kappa shape index (κ3) is 7.32. The Hall–Kier alpha value is -5.03. The van der Waals surface area contributed by atoms with Crippen molar-refractivity contribution in [2.45, 2.75) is 67.7 Å². The smallest absolute Gasteiger partial charge is 0.216 e. The maximum atomic E-state index is 6.22. The van der Waals surface area contributed by atoms with Gasteiger partial charge in [0.25, 0.3) is 0 Å². The maximum Gasteiger partial charge on any atom is 0.216 e. The van der Waals surface area contributed by atoms with Crippen molar-refractivity contribution in [2.24, 2.45) is 0 Å². The van der Waals surface area contributed by atoms with Gasteiger partial charge in [0, 0.05) is 60.1 Å². The van der Waals surface area contributed by atoms with E-state index >= 15 is 0 Å². The minimum absolute atomic E-state index is 0. The largest absolute Gasteiger partial charge is 0.486 e. The van der Waals surface area contributed by atoms with Crippen LogP contribution in [0, 0.1) is 53.7 Å². The molecule has 0 fully saturated rings. The summed E-state index contributed by atoms with van der Waals surface area (Å²) in [7, 11) is 0. The Morgan fingerprint density at radius 2 is 1.38 bits per heavy atom. The van der Waals surface area contributed by atoms with Crippen LogP contribution in [0.2, 0.25) is 0 Å². The van der Waals surface area contributed by atoms with Crippen LogP contribution in [0.15, 0.2) is 95.7 Å². The number of hydrogen-bond acceptors (Lipinski definition) is 5. The zero-order valence-corrected chi connectivity index (χ0v) is 33.6. The third-order valence-corrected chi connectivity index (χ3v) is 9.51. The standard InChI is InChI=1S/C32H28N3O.C14H14N.Ir/c1-18-14-27-21(11-13-29(35-27)32(4,5)6)15-25(18)26-16-28(33-17-19(26)2)24-9-7-8-22-23-12-10-20(3)34-31(23)36-30(22)24;1-10-4-6-13(7-5-10)14-8-11(2)12(3)9-15-14;/h7-8,10-17H,1-6H3;4-6,8-9H,1-3H3;/q2*-1;. The molecule has 0 N–H and O–H groups in total. The van der Waals surface area contributed by atoms with Gasteiger partial charge in [-0.2, -0.15) is 0 Å². The summed E-state index contributed by atoms with van der Waals surface area (Å²) in [6.45, 7) is 19.1. The quantitative estimate of drug-likeness (QED) is 0.166. The van der Waals surface area contributed by atoms with Crippen LogP contribution in [-0.2, 0) is 25.5 Å². The van der Waals surface area contributed by atoms with Gasteiger partial charge in [0.1, 0.15) is 0 Å². The first kappa shape index (κ1) is 36.7. The molecule has 0 saturated heterocycles. The van der Waals surface area contributed by atoms with E-state index in [-0.39, 0.29) is 25.5 Å². The molecule has 0 aliphatic carbocycles. The number of rotatable bonds is 3. The molecule has 3 aromatic carbocycles. The summed E-state index contributed by atoms with van der Waals surface area (Å²) < 4.78 is 6.22. The van der Waals surface area contributed by atoms with Crippen LogP contribution < -0.4 is 0 Å². The van der Waals surface area contributed by atoms with Crippen molar-refractivity contribution in [3.63, 3.8) is 0 Å². The molecule has 5 heterocycles. The third-order valence-electron chi connectivity index (χ3n) is 9.51. The van der Waals surface area contributed by atoms with Gasteiger partial charge in [-0.15, -0.1) is 53.6 Å². The molecule has 0 aliphatic rings. The molecule has 0 spiro atoms. The van der Waals surface area contributed by atoms with Crippen LogP contribution in [0.5, 0.6) is 0 Å². The molecular formula is C46H42IrN4O-2. The summed E-state index contributed by atoms with van der Waals surface area (Å²) in [6, 6.07) is 33.8. The number of hydrogen-bond donors (Lipinski definition) is 0. The Morgan fingerprint density at radius 3 is 2.12 bits per heavy atom. The van der Waals surface area contributed by atoms with Gasteiger partial charge in [-0.1, -0.05) is 62.4 Å². The number of aromatic nitrogens is 4. The van der Waals surface area contributed by atoms with Crippen LogP contribution in [0.4, 0.5) is 0 Å². The predicted octanol–water partition coefficient (Wildman–Crippen LogP) is 11.8. The Bertz CT molecular complexity index is 2580. The van der Waals surface area contributed by atoms with E-state index in [0.717, 1.165) is 72.3 Å². The van der Waals surface area contributed by atoms with Gasteiger partial charge in [-0.05, 0) is 104 Å². The fraction of sp³-hybridized carbons (Fsp3) is 0.217. The Kier molecular flexibility index (Phi) is 10.3. The molecular weight excluding hydrogens is 817 g/mol. The van der Waals surface area contributed by atoms with Gasteiger partial charge in [-0.3, -0.25) is 4.98 Å². The summed E-state index contributed by atoms with van der Waals surface area (Å²) >= 11 is 0. The second-order valence-corrected chi connectivity index (χ2v) is 14.6. The molecule has 0 atom stereocenters. The number of furan rings is 1. The molecule has 8 aromatic rings. The van der Waals surface area contributed by atoms with Crippen LogP contribution >= 0.6 is 0 Å². The van der Waals surface area contributed by atoms with Gasteiger partial charge in [0.05, 0.1) is 11.1 Å². The SMILES string of the molecule is Cc1c[c-]c(-c2cc(C)c(C)cn2)cc1.Cc1ccc2c(n1)oc1c(-c3cc(-c4cc5ccc(C(C)(C)C)nc5cc4C)c(C)cn3)[c-]ccc12.[Ir]. The van der Waals surface area contributed by atoms with Crippen molar-refractivity contribution in [2.75, 3.05) is 0 Å². The summed E-state index contributed by atoms with van der Waals surface area (Å²) in [5.41, 5.74) is 16.6. The van der Waals surface area contributed by atoms with Crippen molar-refractivity contribution in [1.82, 2.24) is 19.9 Å². The van der Waals surface area contributed by atoms with Gasteiger partial charge >= 0.3 is 0 Å². The molecule has 263 valence electrons. The van der Waals surface area contributed by atoms with E-state index in [1.54, 1.807) is 0 Å². The molecule has 1 radical (unpaired) electrons. The van der Waals surface area contributed by atoms with Crippen molar-refractivity contribution >= 4 is 33.0 Å². The molecule has 8 rings (SSSR count). The first-order valence-electron chi connectivity index (χ1n) is 17.4. The van der Waals surface area contributed by atoms with E-state index in [4.69, 9.17) is 14.4 Å². The number of nitrogens with zero attached hydrogens (tertiary/aromatic N) is 4. The summed E-state index contributed by atoms with van der Waals surface area (Å²) in [5.74, 6) is 0. The monoisotopic (exact) mass is 859 g/mol. The second-order valence-electron chi connectivity index (χ2n) is 14.6. The summed E-state index contributed by atoms with van der Waals surface area (Å²) in [5, 5.41) is 3.16. The average Bonchev–Trinajstić information content (AvgIpc) is 3.47. The van der Waals surface area contributed by atoms with Crippen molar-refractivity contribution in [3.05, 3.63) is 143 Å². The Balaban J connectivity index is 0.000000244. The number of benzene rings is 3. The van der Waals surface area contributed by atoms with Crippen molar-refractivity contribution in [1.29, 1.82) is 0 Å². The minimum atomic E-state index is 0. The molecule has 0 bridgehead atoms. The normalized spacial score (nSPS) is 11.4. The van der Waals surface area contributed by atoms with Crippen molar-refractivity contribution < 1.29 is 24.5 Å². The zero-order valence-electron chi connectivity index (χ0n) is 31.2. The Labute approximate surface area is 320 Å². The maximum absolute atomic E-state index is 6.22. The number of pyridine rings is 4. The zero-order chi connectivity index (χ0) is 36.0. The first-order valence-corrected chi connectivity index (χ1v) is 17.4. The van der Waals surface area contributed by atoms with Gasteiger partial charge < -0.3 is 14.4 Å². The number of fused-ring (bicyclic) bond motifs is 4. The first-order chi connectivity index (χ1) is 24.4. The molecule has 52 heavy (non-hydrogen) atoms. The fourth-order valence-corrected chi connectivity index (χ4v) is 6.27. The molecule has 0 aliphatic heterocycles. The molecule has 6 heteroatoms. The van der Waals surface area contributed by atoms with Gasteiger partial charge in [0.2, 0.25) is 5.71 Å². The minimum Gasteiger partial charge on any atom is -0.486 e. The average molecular weight is 859 g/mol. The van der Waals surface area contributed by atoms with Crippen molar-refractivity contribution in [3.8, 4) is 33.6 Å². The van der Waals surface area contributed by atoms with E-state index in [1.165, 1.54) is 27.8 Å². The van der Waals surface area contributed by atoms with Crippen LogP contribution in [0.25, 0.3) is 66.6 Å². The van der Waals surface area contributed by atoms with E-state index < -0.39 is 0 Å². The molecule has 5 aromatic heterocycles. The predicted molar refractivity (Wildman–Crippen MR) is 210 cm³/mol. The van der Waals surface area contributed by atoms with E-state index in [2.05, 4.69) is 132 Å².